The third kappa shape index (κ3) is 10.2. The Morgan fingerprint density at radius 2 is 1.05 bits per heavy atom. The maximum Gasteiger partial charge on any atom is 0.203 e. The van der Waals surface area contributed by atoms with Gasteiger partial charge in [-0.05, 0) is 52.9 Å². The molecule has 0 radical (unpaired) electrons. The number of methoxy groups -OCH3 is 3. The molecule has 3 aromatic rings. The molecule has 230 valence electrons. The van der Waals surface area contributed by atoms with E-state index in [0.717, 1.165) is 35.5 Å². The van der Waals surface area contributed by atoms with Crippen LogP contribution in [0.3, 0.4) is 0 Å². The molecule has 0 spiro atoms. The van der Waals surface area contributed by atoms with Crippen molar-refractivity contribution in [3.8, 4) is 34.1 Å². The molecule has 0 aromatic heterocycles. The second kappa shape index (κ2) is 18.3. The van der Waals surface area contributed by atoms with Crippen molar-refractivity contribution >= 4 is 0 Å². The second-order valence-corrected chi connectivity index (χ2v) is 10.9. The summed E-state index contributed by atoms with van der Waals surface area (Å²) < 4.78 is 22.1. The van der Waals surface area contributed by atoms with Crippen molar-refractivity contribution < 1.29 is 29.2 Å². The summed E-state index contributed by atoms with van der Waals surface area (Å²) >= 11 is 0. The Labute approximate surface area is 252 Å². The summed E-state index contributed by atoms with van der Waals surface area (Å²) in [6.45, 7) is 3.02. The number of rotatable bonds is 20. The Bertz CT molecular complexity index is 1130. The smallest absolute Gasteiger partial charge is 0.203 e. The maximum absolute atomic E-state index is 10.8. The van der Waals surface area contributed by atoms with Gasteiger partial charge in [0.15, 0.2) is 11.5 Å². The Kier molecular flexibility index (Phi) is 14.5. The SMILES string of the molecule is CCCCCCCCCCCCOc1ccc(-c2ccc(C(O)CC(O)c3cc(OC)c(OC)c(OC)c3)cc2)cc1. The number of hydrogen-bond acceptors (Lipinski definition) is 6. The largest absolute Gasteiger partial charge is 0.494 e. The van der Waals surface area contributed by atoms with Gasteiger partial charge < -0.3 is 29.2 Å². The van der Waals surface area contributed by atoms with Crippen molar-refractivity contribution in [3.05, 3.63) is 71.8 Å². The average Bonchev–Trinajstić information content (AvgIpc) is 3.03. The molecule has 2 atom stereocenters. The van der Waals surface area contributed by atoms with Crippen LogP contribution in [0.1, 0.15) is 101 Å². The molecule has 0 bridgehead atoms. The molecule has 0 amide bonds. The van der Waals surface area contributed by atoms with Gasteiger partial charge in [0, 0.05) is 6.42 Å². The van der Waals surface area contributed by atoms with Crippen LogP contribution >= 0.6 is 0 Å². The van der Waals surface area contributed by atoms with Crippen molar-refractivity contribution in [2.75, 3.05) is 27.9 Å². The van der Waals surface area contributed by atoms with Crippen molar-refractivity contribution in [3.63, 3.8) is 0 Å². The highest BCUT2D eigenvalue weighted by Crippen LogP contribution is 2.41. The van der Waals surface area contributed by atoms with E-state index in [9.17, 15) is 10.2 Å². The molecule has 3 aromatic carbocycles. The van der Waals surface area contributed by atoms with Crippen LogP contribution in [0, 0.1) is 0 Å². The zero-order valence-corrected chi connectivity index (χ0v) is 25.9. The predicted octanol–water partition coefficient (Wildman–Crippen LogP) is 8.84. The molecule has 6 heteroatoms. The van der Waals surface area contributed by atoms with E-state index in [2.05, 4.69) is 19.1 Å². The van der Waals surface area contributed by atoms with Gasteiger partial charge in [-0.3, -0.25) is 0 Å². The van der Waals surface area contributed by atoms with Gasteiger partial charge >= 0.3 is 0 Å². The van der Waals surface area contributed by atoms with Crippen LogP contribution in [0.25, 0.3) is 11.1 Å². The Balaban J connectivity index is 1.44. The minimum atomic E-state index is -0.916. The molecule has 0 saturated carbocycles. The van der Waals surface area contributed by atoms with Gasteiger partial charge in [-0.1, -0.05) is 101 Å². The number of aliphatic hydroxyl groups is 2. The van der Waals surface area contributed by atoms with Crippen LogP contribution in [0.4, 0.5) is 0 Å². The van der Waals surface area contributed by atoms with E-state index in [0.29, 0.717) is 22.8 Å². The van der Waals surface area contributed by atoms with E-state index in [1.165, 1.54) is 79.1 Å². The molecule has 6 nitrogen and oxygen atoms in total. The van der Waals surface area contributed by atoms with Crippen LogP contribution in [0.15, 0.2) is 60.7 Å². The molecule has 2 unspecified atom stereocenters. The summed E-state index contributed by atoms with van der Waals surface area (Å²) in [5, 5.41) is 21.7. The number of benzene rings is 3. The van der Waals surface area contributed by atoms with Crippen molar-refractivity contribution in [2.24, 2.45) is 0 Å². The number of unbranched alkanes of at least 4 members (excludes halogenated alkanes) is 9. The monoisotopic (exact) mass is 578 g/mol. The Morgan fingerprint density at radius 1 is 0.571 bits per heavy atom. The van der Waals surface area contributed by atoms with Crippen LogP contribution < -0.4 is 18.9 Å². The van der Waals surface area contributed by atoms with Crippen LogP contribution in [-0.4, -0.2) is 38.1 Å². The first-order valence-electron chi connectivity index (χ1n) is 15.5. The minimum absolute atomic E-state index is 0.128. The molecule has 0 aliphatic rings. The minimum Gasteiger partial charge on any atom is -0.494 e. The third-order valence-corrected chi connectivity index (χ3v) is 7.77. The van der Waals surface area contributed by atoms with Gasteiger partial charge in [-0.15, -0.1) is 0 Å². The van der Waals surface area contributed by atoms with E-state index in [1.54, 1.807) is 12.1 Å². The quantitative estimate of drug-likeness (QED) is 0.130. The fraction of sp³-hybridized carbons (Fsp3) is 0.500. The predicted molar refractivity (Wildman–Crippen MR) is 170 cm³/mol. The summed E-state index contributed by atoms with van der Waals surface area (Å²) in [6, 6.07) is 19.3. The first kappa shape index (κ1) is 33.3. The third-order valence-electron chi connectivity index (χ3n) is 7.77. The molecule has 2 N–H and O–H groups in total. The highest BCUT2D eigenvalue weighted by molar-refractivity contribution is 5.64. The number of aliphatic hydroxyl groups excluding tert-OH is 2. The molecule has 0 aliphatic heterocycles. The van der Waals surface area contributed by atoms with Gasteiger partial charge in [0.2, 0.25) is 5.75 Å². The summed E-state index contributed by atoms with van der Waals surface area (Å²) in [7, 11) is 4.60. The highest BCUT2D eigenvalue weighted by atomic mass is 16.5. The fourth-order valence-corrected chi connectivity index (χ4v) is 5.20. The van der Waals surface area contributed by atoms with E-state index in [-0.39, 0.29) is 6.42 Å². The Hall–Kier alpha value is -3.22. The van der Waals surface area contributed by atoms with Crippen molar-refractivity contribution in [1.29, 1.82) is 0 Å². The first-order valence-corrected chi connectivity index (χ1v) is 15.5. The second-order valence-electron chi connectivity index (χ2n) is 10.9. The molecule has 0 saturated heterocycles. The maximum atomic E-state index is 10.8. The fourth-order valence-electron chi connectivity index (χ4n) is 5.20. The van der Waals surface area contributed by atoms with E-state index in [4.69, 9.17) is 18.9 Å². The lowest BCUT2D eigenvalue weighted by atomic mass is 9.96. The molecule has 0 heterocycles. The standard InChI is InChI=1S/C36H50O6/c1-5-6-7-8-9-10-11-12-13-14-23-42-31-21-19-28(20-22-31)27-15-17-29(18-16-27)32(37)26-33(38)30-24-34(39-2)36(41-4)35(25-30)40-3/h15-22,24-25,32-33,37-38H,5-14,23,26H2,1-4H3. The van der Waals surface area contributed by atoms with E-state index < -0.39 is 12.2 Å². The zero-order valence-electron chi connectivity index (χ0n) is 25.9. The van der Waals surface area contributed by atoms with Gasteiger partial charge in [0.05, 0.1) is 40.1 Å². The van der Waals surface area contributed by atoms with Gasteiger partial charge in [0.25, 0.3) is 0 Å². The lowest BCUT2D eigenvalue weighted by Gasteiger charge is -2.19. The molecule has 0 fully saturated rings. The summed E-state index contributed by atoms with van der Waals surface area (Å²) in [4.78, 5) is 0. The number of ether oxygens (including phenoxy) is 4. The van der Waals surface area contributed by atoms with Crippen molar-refractivity contribution in [2.45, 2.75) is 89.8 Å². The molecule has 0 aliphatic carbocycles. The van der Waals surface area contributed by atoms with E-state index >= 15 is 0 Å². The van der Waals surface area contributed by atoms with Crippen LogP contribution in [0.5, 0.6) is 23.0 Å². The summed E-state index contributed by atoms with van der Waals surface area (Å²) in [5.74, 6) is 2.27. The normalized spacial score (nSPS) is 12.5. The topological polar surface area (TPSA) is 77.4 Å². The molecular formula is C36H50O6. The summed E-state index contributed by atoms with van der Waals surface area (Å²) in [6.07, 6.45) is 11.5. The van der Waals surface area contributed by atoms with Crippen LogP contribution in [0.2, 0.25) is 0 Å². The zero-order chi connectivity index (χ0) is 30.2. The van der Waals surface area contributed by atoms with E-state index in [1.807, 2.05) is 36.4 Å². The van der Waals surface area contributed by atoms with Gasteiger partial charge in [0.1, 0.15) is 5.75 Å². The highest BCUT2D eigenvalue weighted by Gasteiger charge is 2.20. The van der Waals surface area contributed by atoms with Crippen molar-refractivity contribution in [1.82, 2.24) is 0 Å². The summed E-state index contributed by atoms with van der Waals surface area (Å²) in [5.41, 5.74) is 3.45. The Morgan fingerprint density at radius 3 is 1.55 bits per heavy atom. The average molecular weight is 579 g/mol. The molecule has 42 heavy (non-hydrogen) atoms. The first-order chi connectivity index (χ1) is 20.5. The lowest BCUT2D eigenvalue weighted by Crippen LogP contribution is -2.07. The molecular weight excluding hydrogens is 528 g/mol. The van der Waals surface area contributed by atoms with Gasteiger partial charge in [-0.2, -0.15) is 0 Å². The van der Waals surface area contributed by atoms with Gasteiger partial charge in [-0.25, -0.2) is 0 Å². The number of hydrogen-bond donors (Lipinski definition) is 2. The van der Waals surface area contributed by atoms with Crippen LogP contribution in [-0.2, 0) is 0 Å². The lowest BCUT2D eigenvalue weighted by molar-refractivity contribution is 0.0801. The molecule has 3 rings (SSSR count).